The van der Waals surface area contributed by atoms with Gasteiger partial charge in [0.05, 0.1) is 0 Å². The third-order valence-electron chi connectivity index (χ3n) is 0.594. The summed E-state index contributed by atoms with van der Waals surface area (Å²) in [5.74, 6) is -1.44. The molecule has 0 spiro atoms. The van der Waals surface area contributed by atoms with Crippen LogP contribution >= 0.6 is 0 Å². The molecule has 1 rings (SSSR count). The summed E-state index contributed by atoms with van der Waals surface area (Å²) in [5.41, 5.74) is 0. The van der Waals surface area contributed by atoms with Crippen molar-refractivity contribution in [3.63, 3.8) is 0 Å². The minimum Gasteiger partial charge on any atom is -0.427 e. The van der Waals surface area contributed by atoms with Gasteiger partial charge in [-0.3, -0.25) is 0 Å². The van der Waals surface area contributed by atoms with Crippen molar-refractivity contribution in [2.24, 2.45) is 0 Å². The highest BCUT2D eigenvalue weighted by atomic mass is 19.2. The smallest absolute Gasteiger partial charge is 0.314 e. The van der Waals surface area contributed by atoms with E-state index in [1.54, 1.807) is 0 Å². The maximum Gasteiger partial charge on any atom is 0.314 e. The summed E-state index contributed by atoms with van der Waals surface area (Å²) in [5, 5.41) is 0. The van der Waals surface area contributed by atoms with Crippen molar-refractivity contribution in [2.45, 2.75) is 6.36 Å². The Balaban J connectivity index is 2.65. The molecule has 0 radical (unpaired) electrons. The van der Waals surface area contributed by atoms with Crippen molar-refractivity contribution in [2.75, 3.05) is 0 Å². The maximum atomic E-state index is 11.3. The van der Waals surface area contributed by atoms with E-state index in [2.05, 4.69) is 4.74 Å². The Hall–Kier alpha value is -0.670. The van der Waals surface area contributed by atoms with Gasteiger partial charge in [0.15, 0.2) is 0 Å². The third kappa shape index (κ3) is 0.460. The summed E-state index contributed by atoms with van der Waals surface area (Å²) in [4.78, 5) is 0. The van der Waals surface area contributed by atoms with Gasteiger partial charge in [0.1, 0.15) is 0 Å². The van der Waals surface area contributed by atoms with Gasteiger partial charge in [-0.2, -0.15) is 13.2 Å². The van der Waals surface area contributed by atoms with Crippen LogP contribution in [0.1, 0.15) is 0 Å². The highest BCUT2D eigenvalue weighted by Gasteiger charge is 2.32. The molecule has 0 amide bonds. The van der Waals surface area contributed by atoms with Gasteiger partial charge in [0.25, 0.3) is 6.36 Å². The van der Waals surface area contributed by atoms with Crippen molar-refractivity contribution < 1.29 is 17.9 Å². The number of rotatable bonds is 0. The zero-order chi connectivity index (χ0) is 5.44. The average Bonchev–Trinajstić information content (AvgIpc) is 1.68. The van der Waals surface area contributed by atoms with Crippen molar-refractivity contribution in [1.82, 2.24) is 0 Å². The first-order valence-electron chi connectivity index (χ1n) is 1.57. The Morgan fingerprint density at radius 3 is 2.00 bits per heavy atom. The molecule has 4 heteroatoms. The molecule has 1 aliphatic heterocycles. The molecule has 1 aliphatic rings. The van der Waals surface area contributed by atoms with Crippen molar-refractivity contribution >= 4 is 0 Å². The van der Waals surface area contributed by atoms with E-state index in [-0.39, 0.29) is 0 Å². The molecule has 1 nitrogen and oxygen atoms in total. The Morgan fingerprint density at radius 1 is 1.43 bits per heavy atom. The van der Waals surface area contributed by atoms with Gasteiger partial charge >= 0.3 is 6.01 Å². The summed E-state index contributed by atoms with van der Waals surface area (Å²) in [6, 6.07) is -1.44. The molecule has 1 heterocycles. The molecular formula is C3HF3O. The molecule has 0 saturated heterocycles. The third-order valence-corrected chi connectivity index (χ3v) is 0.594. The van der Waals surface area contributed by atoms with Gasteiger partial charge in [-0.25, -0.2) is 0 Å². The van der Waals surface area contributed by atoms with Gasteiger partial charge in [0.2, 0.25) is 5.83 Å². The van der Waals surface area contributed by atoms with Crippen LogP contribution in [0.25, 0.3) is 0 Å². The van der Waals surface area contributed by atoms with Gasteiger partial charge in [-0.1, -0.05) is 0 Å². The number of halogens is 3. The van der Waals surface area contributed by atoms with Crippen LogP contribution in [0, 0.1) is 0 Å². The molecule has 0 saturated carbocycles. The molecule has 1 atom stereocenters. The summed E-state index contributed by atoms with van der Waals surface area (Å²) < 4.78 is 37.2. The zero-order valence-electron chi connectivity index (χ0n) is 3.12. The fourth-order valence-corrected chi connectivity index (χ4v) is 0.230. The van der Waals surface area contributed by atoms with E-state index in [0.29, 0.717) is 0 Å². The van der Waals surface area contributed by atoms with Gasteiger partial charge < -0.3 is 4.74 Å². The molecule has 0 aromatic rings. The van der Waals surface area contributed by atoms with Crippen LogP contribution in [0.4, 0.5) is 13.2 Å². The van der Waals surface area contributed by atoms with Crippen molar-refractivity contribution in [1.29, 1.82) is 0 Å². The van der Waals surface area contributed by atoms with E-state index in [0.717, 1.165) is 0 Å². The van der Waals surface area contributed by atoms with Crippen LogP contribution in [0.2, 0.25) is 0 Å². The number of hydrogen-bond donors (Lipinski definition) is 0. The second-order valence-electron chi connectivity index (χ2n) is 1.06. The number of hydrogen-bond acceptors (Lipinski definition) is 1. The Kier molecular flexibility index (Phi) is 0.736. The SMILES string of the molecule is FC1=C(F)C(F)O1. The summed E-state index contributed by atoms with van der Waals surface area (Å²) >= 11 is 0. The molecule has 0 aliphatic carbocycles. The van der Waals surface area contributed by atoms with E-state index in [1.807, 2.05) is 0 Å². The normalized spacial score (nSPS) is 29.3. The summed E-state index contributed by atoms with van der Waals surface area (Å²) in [6.07, 6.45) is -2.15. The molecule has 7 heavy (non-hydrogen) atoms. The van der Waals surface area contributed by atoms with Crippen LogP contribution in [-0.4, -0.2) is 6.36 Å². The lowest BCUT2D eigenvalue weighted by Crippen LogP contribution is -2.17. The lowest BCUT2D eigenvalue weighted by Gasteiger charge is -2.15. The fourth-order valence-electron chi connectivity index (χ4n) is 0.230. The lowest BCUT2D eigenvalue weighted by molar-refractivity contribution is -0.0747. The maximum absolute atomic E-state index is 11.3. The molecule has 0 aromatic carbocycles. The van der Waals surface area contributed by atoms with Crippen molar-refractivity contribution in [3.05, 3.63) is 11.8 Å². The number of ether oxygens (including phenoxy) is 1. The predicted octanol–water partition coefficient (Wildman–Crippen LogP) is 1.42. The summed E-state index contributed by atoms with van der Waals surface area (Å²) in [7, 11) is 0. The largest absolute Gasteiger partial charge is 0.427 e. The molecule has 1 unspecified atom stereocenters. The monoisotopic (exact) mass is 110 g/mol. The predicted molar refractivity (Wildman–Crippen MR) is 15.2 cm³/mol. The molecule has 0 N–H and O–H groups in total. The van der Waals surface area contributed by atoms with Crippen LogP contribution in [-0.2, 0) is 4.74 Å². The first-order chi connectivity index (χ1) is 3.22. The first kappa shape index (κ1) is 4.49. The summed E-state index contributed by atoms with van der Waals surface area (Å²) in [6.45, 7) is 0. The molecule has 0 fully saturated rings. The highest BCUT2D eigenvalue weighted by Crippen LogP contribution is 2.28. The topological polar surface area (TPSA) is 9.23 Å². The van der Waals surface area contributed by atoms with E-state index in [4.69, 9.17) is 0 Å². The van der Waals surface area contributed by atoms with E-state index in [1.165, 1.54) is 0 Å². The van der Waals surface area contributed by atoms with Crippen LogP contribution in [0.15, 0.2) is 11.8 Å². The molecule has 0 aromatic heterocycles. The van der Waals surface area contributed by atoms with Crippen molar-refractivity contribution in [3.8, 4) is 0 Å². The van der Waals surface area contributed by atoms with E-state index in [9.17, 15) is 13.2 Å². The van der Waals surface area contributed by atoms with E-state index >= 15 is 0 Å². The van der Waals surface area contributed by atoms with Crippen LogP contribution in [0.3, 0.4) is 0 Å². The lowest BCUT2D eigenvalue weighted by atomic mass is 10.5. The molecule has 0 bridgehead atoms. The van der Waals surface area contributed by atoms with E-state index < -0.39 is 18.2 Å². The Morgan fingerprint density at radius 2 is 2.00 bits per heavy atom. The average molecular weight is 110 g/mol. The highest BCUT2D eigenvalue weighted by molar-refractivity contribution is 5.05. The van der Waals surface area contributed by atoms with Crippen LogP contribution in [0.5, 0.6) is 0 Å². The Labute approximate surface area is 37.4 Å². The second-order valence-corrected chi connectivity index (χ2v) is 1.06. The van der Waals surface area contributed by atoms with Crippen LogP contribution < -0.4 is 0 Å². The van der Waals surface area contributed by atoms with Gasteiger partial charge in [-0.05, 0) is 0 Å². The molecule has 40 valence electrons. The number of alkyl halides is 1. The van der Waals surface area contributed by atoms with Gasteiger partial charge in [0, 0.05) is 0 Å². The first-order valence-corrected chi connectivity index (χ1v) is 1.57. The van der Waals surface area contributed by atoms with Gasteiger partial charge in [-0.15, -0.1) is 0 Å². The minimum absolute atomic E-state index is 1.44. The quantitative estimate of drug-likeness (QED) is 0.458. The Bertz CT molecular complexity index is 119. The second kappa shape index (κ2) is 1.15. The minimum atomic E-state index is -2.15. The standard InChI is InChI=1S/C3HF3O/c4-1-2(5)7-3(1)6/h2H. The fraction of sp³-hybridized carbons (Fsp3) is 0.333. The zero-order valence-corrected chi connectivity index (χ0v) is 3.12. The molecular weight excluding hydrogens is 109 g/mol.